The van der Waals surface area contributed by atoms with Crippen molar-refractivity contribution < 1.29 is 4.57 Å². The Labute approximate surface area is 74.3 Å². The lowest BCUT2D eigenvalue weighted by atomic mass is 9.91. The van der Waals surface area contributed by atoms with Crippen molar-refractivity contribution in [2.75, 3.05) is 0 Å². The van der Waals surface area contributed by atoms with Crippen molar-refractivity contribution in [3.05, 3.63) is 24.3 Å². The lowest BCUT2D eigenvalue weighted by Crippen LogP contribution is -2.28. The Hall–Kier alpha value is -0.920. The van der Waals surface area contributed by atoms with Crippen molar-refractivity contribution in [2.24, 2.45) is 12.5 Å². The molecule has 0 bridgehead atoms. The molecule has 1 aromatic heterocycles. The number of nitrogens with zero attached hydrogens (tertiary/aromatic N) is 2. The fourth-order valence-electron chi connectivity index (χ4n) is 1.18. The lowest BCUT2D eigenvalue weighted by molar-refractivity contribution is -0.672. The summed E-state index contributed by atoms with van der Waals surface area (Å²) in [6.45, 7) is 6.67. The summed E-state index contributed by atoms with van der Waals surface area (Å²) in [5.41, 5.74) is 1.48. The molecule has 0 aliphatic rings. The third-order valence-corrected chi connectivity index (χ3v) is 1.61. The number of hydrogen-bond donors (Lipinski definition) is 0. The highest BCUT2D eigenvalue weighted by molar-refractivity contribution is 4.93. The zero-order valence-electron chi connectivity index (χ0n) is 8.33. The van der Waals surface area contributed by atoms with Gasteiger partial charge in [0.05, 0.1) is 6.20 Å². The highest BCUT2D eigenvalue weighted by atomic mass is 14.9. The van der Waals surface area contributed by atoms with Crippen LogP contribution < -0.4 is 4.57 Å². The molecule has 0 saturated heterocycles. The topological polar surface area (TPSA) is 16.8 Å². The minimum absolute atomic E-state index is 0.321. The predicted octanol–water partition coefficient (Wildman–Crippen LogP) is 1.49. The average molecular weight is 165 g/mol. The molecular formula is C10H17N2+. The first-order chi connectivity index (χ1) is 5.47. The molecule has 0 atom stereocenters. The fraction of sp³-hybridized carbons (Fsp3) is 0.600. The SMILES string of the molecule is C[n+]1ccnc(CC(C)(C)C)c1. The molecule has 0 N–H and O–H groups in total. The molecule has 2 nitrogen and oxygen atoms in total. The van der Waals surface area contributed by atoms with Gasteiger partial charge < -0.3 is 0 Å². The van der Waals surface area contributed by atoms with Crippen LogP contribution in [0.3, 0.4) is 0 Å². The van der Waals surface area contributed by atoms with E-state index in [1.807, 2.05) is 24.0 Å². The summed E-state index contributed by atoms with van der Waals surface area (Å²) in [4.78, 5) is 4.30. The summed E-state index contributed by atoms with van der Waals surface area (Å²) in [6.07, 6.45) is 6.90. The Morgan fingerprint density at radius 3 is 2.58 bits per heavy atom. The molecule has 0 aliphatic heterocycles. The Kier molecular flexibility index (Phi) is 2.46. The van der Waals surface area contributed by atoms with E-state index in [-0.39, 0.29) is 0 Å². The predicted molar refractivity (Wildman–Crippen MR) is 48.6 cm³/mol. The summed E-state index contributed by atoms with van der Waals surface area (Å²) in [5.74, 6) is 0. The van der Waals surface area contributed by atoms with Gasteiger partial charge in [0.15, 0.2) is 12.4 Å². The van der Waals surface area contributed by atoms with Crippen LogP contribution in [-0.2, 0) is 13.5 Å². The van der Waals surface area contributed by atoms with E-state index in [1.165, 1.54) is 0 Å². The van der Waals surface area contributed by atoms with E-state index in [0.29, 0.717) is 5.41 Å². The molecule has 0 fully saturated rings. The summed E-state index contributed by atoms with van der Waals surface area (Å²) in [7, 11) is 2.02. The van der Waals surface area contributed by atoms with Crippen LogP contribution in [-0.4, -0.2) is 4.98 Å². The second-order valence-electron chi connectivity index (χ2n) is 4.45. The largest absolute Gasteiger partial charge is 0.249 e. The molecule has 1 rings (SSSR count). The van der Waals surface area contributed by atoms with Crippen LogP contribution in [0.4, 0.5) is 0 Å². The van der Waals surface area contributed by atoms with Crippen molar-refractivity contribution in [2.45, 2.75) is 27.2 Å². The van der Waals surface area contributed by atoms with E-state index in [4.69, 9.17) is 0 Å². The molecule has 0 unspecified atom stereocenters. The maximum Gasteiger partial charge on any atom is 0.190 e. The molecule has 1 aromatic rings. The second kappa shape index (κ2) is 3.21. The van der Waals surface area contributed by atoms with Gasteiger partial charge in [0.2, 0.25) is 0 Å². The summed E-state index contributed by atoms with van der Waals surface area (Å²) < 4.78 is 2.04. The first-order valence-corrected chi connectivity index (χ1v) is 4.27. The molecule has 0 aromatic carbocycles. The minimum atomic E-state index is 0.321. The van der Waals surface area contributed by atoms with Crippen LogP contribution >= 0.6 is 0 Å². The van der Waals surface area contributed by atoms with Crippen LogP contribution in [0.2, 0.25) is 0 Å². The van der Waals surface area contributed by atoms with Crippen molar-refractivity contribution in [3.63, 3.8) is 0 Å². The molecule has 0 amide bonds. The third kappa shape index (κ3) is 2.99. The molecule has 0 saturated carbocycles. The summed E-state index contributed by atoms with van der Waals surface area (Å²) in [5, 5.41) is 0. The quantitative estimate of drug-likeness (QED) is 0.576. The lowest BCUT2D eigenvalue weighted by Gasteiger charge is -2.15. The average Bonchev–Trinajstić information content (AvgIpc) is 1.82. The maximum absolute atomic E-state index is 4.30. The van der Waals surface area contributed by atoms with E-state index in [9.17, 15) is 0 Å². The Morgan fingerprint density at radius 2 is 2.08 bits per heavy atom. The molecule has 0 aliphatic carbocycles. The smallest absolute Gasteiger partial charge is 0.190 e. The van der Waals surface area contributed by atoms with Crippen molar-refractivity contribution in [3.8, 4) is 0 Å². The molecule has 66 valence electrons. The zero-order chi connectivity index (χ0) is 9.19. The number of aryl methyl sites for hydroxylation is 1. The minimum Gasteiger partial charge on any atom is -0.249 e. The van der Waals surface area contributed by atoms with E-state index < -0.39 is 0 Å². The van der Waals surface area contributed by atoms with E-state index in [1.54, 1.807) is 0 Å². The van der Waals surface area contributed by atoms with Crippen LogP contribution in [0.15, 0.2) is 18.6 Å². The Bertz CT molecular complexity index is 261. The van der Waals surface area contributed by atoms with E-state index >= 15 is 0 Å². The van der Waals surface area contributed by atoms with Gasteiger partial charge in [-0.2, -0.15) is 0 Å². The van der Waals surface area contributed by atoms with Gasteiger partial charge in [-0.15, -0.1) is 0 Å². The Balaban J connectivity index is 2.77. The van der Waals surface area contributed by atoms with Crippen LogP contribution in [0, 0.1) is 5.41 Å². The fourth-order valence-corrected chi connectivity index (χ4v) is 1.18. The highest BCUT2D eigenvalue weighted by Gasteiger charge is 2.13. The van der Waals surface area contributed by atoms with Crippen molar-refractivity contribution >= 4 is 0 Å². The standard InChI is InChI=1S/C10H17N2/c1-10(2,3)7-9-8-12(4)6-5-11-9/h5-6,8H,7H2,1-4H3/q+1. The normalized spacial score (nSPS) is 11.7. The first kappa shape index (κ1) is 9.17. The summed E-state index contributed by atoms with van der Waals surface area (Å²) in [6, 6.07) is 0. The second-order valence-corrected chi connectivity index (χ2v) is 4.45. The van der Waals surface area contributed by atoms with Crippen LogP contribution in [0.5, 0.6) is 0 Å². The van der Waals surface area contributed by atoms with Gasteiger partial charge in [-0.1, -0.05) is 20.8 Å². The number of rotatable bonds is 1. The maximum atomic E-state index is 4.30. The van der Waals surface area contributed by atoms with Crippen molar-refractivity contribution in [1.82, 2.24) is 4.98 Å². The van der Waals surface area contributed by atoms with Gasteiger partial charge in [-0.05, 0) is 5.41 Å². The van der Waals surface area contributed by atoms with Gasteiger partial charge in [0.1, 0.15) is 12.7 Å². The number of hydrogen-bond acceptors (Lipinski definition) is 1. The van der Waals surface area contributed by atoms with Gasteiger partial charge in [-0.25, -0.2) is 9.55 Å². The zero-order valence-corrected chi connectivity index (χ0v) is 8.33. The van der Waals surface area contributed by atoms with Gasteiger partial charge in [-0.3, -0.25) is 0 Å². The highest BCUT2D eigenvalue weighted by Crippen LogP contribution is 2.17. The molecule has 2 heteroatoms. The van der Waals surface area contributed by atoms with Crippen molar-refractivity contribution in [1.29, 1.82) is 0 Å². The van der Waals surface area contributed by atoms with Gasteiger partial charge in [0, 0.05) is 6.42 Å². The number of aromatic nitrogens is 2. The van der Waals surface area contributed by atoms with E-state index in [0.717, 1.165) is 12.1 Å². The molecule has 12 heavy (non-hydrogen) atoms. The van der Waals surface area contributed by atoms with Crippen LogP contribution in [0.25, 0.3) is 0 Å². The van der Waals surface area contributed by atoms with Gasteiger partial charge in [0.25, 0.3) is 0 Å². The monoisotopic (exact) mass is 165 g/mol. The summed E-state index contributed by atoms with van der Waals surface area (Å²) >= 11 is 0. The molecule has 0 spiro atoms. The first-order valence-electron chi connectivity index (χ1n) is 4.27. The Morgan fingerprint density at radius 1 is 1.42 bits per heavy atom. The molecule has 0 radical (unpaired) electrons. The third-order valence-electron chi connectivity index (χ3n) is 1.61. The molecule has 1 heterocycles. The molecular weight excluding hydrogens is 148 g/mol. The van der Waals surface area contributed by atoms with Gasteiger partial charge >= 0.3 is 0 Å². The van der Waals surface area contributed by atoms with Crippen LogP contribution in [0.1, 0.15) is 26.5 Å². The van der Waals surface area contributed by atoms with E-state index in [2.05, 4.69) is 32.0 Å².